The highest BCUT2D eigenvalue weighted by molar-refractivity contribution is 4.87. The zero-order valence-corrected chi connectivity index (χ0v) is 11.9. The summed E-state index contributed by atoms with van der Waals surface area (Å²) < 4.78 is 12.5. The van der Waals surface area contributed by atoms with Crippen LogP contribution in [-0.4, -0.2) is 30.7 Å². The van der Waals surface area contributed by atoms with E-state index in [0.717, 1.165) is 24.9 Å². The number of likely N-dealkylation sites (tertiary alicyclic amines) is 1. The molecule has 102 valence electrons. The first kappa shape index (κ1) is 14.9. The lowest BCUT2D eigenvalue weighted by Gasteiger charge is -2.46. The second-order valence-electron chi connectivity index (χ2n) is 5.73. The summed E-state index contributed by atoms with van der Waals surface area (Å²) in [4.78, 5) is 2.29. The molecular formula is C15H30FN. The molecule has 1 aliphatic heterocycles. The Balaban J connectivity index is 2.15. The van der Waals surface area contributed by atoms with E-state index in [1.807, 2.05) is 6.92 Å². The standard InChI is InChI=1S/C15H30FN/c1-4-6-7-8-9-14(5-2)15-11-17(12-15)13(3)10-16/h13-15H,4-12H2,1-3H3. The van der Waals surface area contributed by atoms with Gasteiger partial charge in [0, 0.05) is 19.1 Å². The largest absolute Gasteiger partial charge is 0.297 e. The summed E-state index contributed by atoms with van der Waals surface area (Å²) >= 11 is 0. The Kier molecular flexibility index (Phi) is 7.10. The summed E-state index contributed by atoms with van der Waals surface area (Å²) in [5.74, 6) is 1.73. The Bertz CT molecular complexity index is 189. The van der Waals surface area contributed by atoms with Crippen LogP contribution in [-0.2, 0) is 0 Å². The molecule has 2 unspecified atom stereocenters. The number of halogens is 1. The second kappa shape index (κ2) is 8.07. The molecule has 1 aliphatic rings. The van der Waals surface area contributed by atoms with Crippen LogP contribution >= 0.6 is 0 Å². The van der Waals surface area contributed by atoms with E-state index in [0.29, 0.717) is 0 Å². The van der Waals surface area contributed by atoms with Crippen LogP contribution in [0.3, 0.4) is 0 Å². The molecule has 0 aliphatic carbocycles. The zero-order valence-electron chi connectivity index (χ0n) is 11.9. The smallest absolute Gasteiger partial charge is 0.105 e. The molecule has 0 aromatic heterocycles. The average molecular weight is 243 g/mol. The minimum Gasteiger partial charge on any atom is -0.297 e. The molecule has 0 aromatic rings. The molecule has 1 fully saturated rings. The maximum absolute atomic E-state index is 12.5. The van der Waals surface area contributed by atoms with E-state index in [4.69, 9.17) is 0 Å². The van der Waals surface area contributed by atoms with Crippen molar-refractivity contribution in [2.75, 3.05) is 19.8 Å². The molecule has 0 amide bonds. The normalized spacial score (nSPS) is 21.2. The number of nitrogens with zero attached hydrogens (tertiary/aromatic N) is 1. The Morgan fingerprint density at radius 1 is 1.18 bits per heavy atom. The molecule has 2 heteroatoms. The van der Waals surface area contributed by atoms with E-state index in [-0.39, 0.29) is 12.7 Å². The van der Waals surface area contributed by atoms with Crippen LogP contribution in [0.1, 0.15) is 59.3 Å². The summed E-state index contributed by atoms with van der Waals surface area (Å²) in [6.07, 6.45) is 8.17. The lowest BCUT2D eigenvalue weighted by molar-refractivity contribution is 0.0128. The number of hydrogen-bond donors (Lipinski definition) is 0. The lowest BCUT2D eigenvalue weighted by atomic mass is 9.80. The Hall–Kier alpha value is -0.110. The molecule has 17 heavy (non-hydrogen) atoms. The number of hydrogen-bond acceptors (Lipinski definition) is 1. The molecule has 1 heterocycles. The van der Waals surface area contributed by atoms with E-state index in [9.17, 15) is 4.39 Å². The van der Waals surface area contributed by atoms with Gasteiger partial charge in [0.1, 0.15) is 6.67 Å². The van der Waals surface area contributed by atoms with Crippen molar-refractivity contribution < 1.29 is 4.39 Å². The molecule has 0 bridgehead atoms. The molecule has 1 saturated heterocycles. The molecule has 0 aromatic carbocycles. The van der Waals surface area contributed by atoms with Gasteiger partial charge in [-0.25, -0.2) is 4.39 Å². The average Bonchev–Trinajstić information content (AvgIpc) is 2.29. The van der Waals surface area contributed by atoms with E-state index in [1.54, 1.807) is 0 Å². The van der Waals surface area contributed by atoms with Crippen LogP contribution in [0, 0.1) is 11.8 Å². The first-order valence-electron chi connectivity index (χ1n) is 7.52. The predicted molar refractivity (Wildman–Crippen MR) is 73.0 cm³/mol. The van der Waals surface area contributed by atoms with Gasteiger partial charge in [-0.1, -0.05) is 52.4 Å². The van der Waals surface area contributed by atoms with Crippen LogP contribution in [0.4, 0.5) is 4.39 Å². The molecule has 0 radical (unpaired) electrons. The fraction of sp³-hybridized carbons (Fsp3) is 1.00. The van der Waals surface area contributed by atoms with Crippen LogP contribution in [0.5, 0.6) is 0 Å². The molecule has 0 saturated carbocycles. The SMILES string of the molecule is CCCCCCC(CC)C1CN(C(C)CF)C1. The molecule has 0 spiro atoms. The van der Waals surface area contributed by atoms with Crippen molar-refractivity contribution in [1.29, 1.82) is 0 Å². The summed E-state index contributed by atoms with van der Waals surface area (Å²) in [5, 5.41) is 0. The van der Waals surface area contributed by atoms with Gasteiger partial charge in [0.25, 0.3) is 0 Å². The van der Waals surface area contributed by atoms with E-state index >= 15 is 0 Å². The van der Waals surface area contributed by atoms with Crippen LogP contribution in [0.2, 0.25) is 0 Å². The highest BCUT2D eigenvalue weighted by atomic mass is 19.1. The molecular weight excluding hydrogens is 213 g/mol. The van der Waals surface area contributed by atoms with E-state index < -0.39 is 0 Å². The Labute approximate surface area is 107 Å². The van der Waals surface area contributed by atoms with Gasteiger partial charge >= 0.3 is 0 Å². The highest BCUT2D eigenvalue weighted by Crippen LogP contribution is 2.31. The monoisotopic (exact) mass is 243 g/mol. The second-order valence-corrected chi connectivity index (χ2v) is 5.73. The quantitative estimate of drug-likeness (QED) is 0.547. The van der Waals surface area contributed by atoms with Gasteiger partial charge in [-0.3, -0.25) is 4.90 Å². The molecule has 1 rings (SSSR count). The molecule has 2 atom stereocenters. The van der Waals surface area contributed by atoms with Crippen molar-refractivity contribution in [2.24, 2.45) is 11.8 Å². The fourth-order valence-electron chi connectivity index (χ4n) is 2.91. The lowest BCUT2D eigenvalue weighted by Crippen LogP contribution is -2.54. The summed E-state index contributed by atoms with van der Waals surface area (Å²) in [7, 11) is 0. The van der Waals surface area contributed by atoms with Crippen LogP contribution in [0.15, 0.2) is 0 Å². The van der Waals surface area contributed by atoms with Gasteiger partial charge in [-0.2, -0.15) is 0 Å². The van der Waals surface area contributed by atoms with E-state index in [2.05, 4.69) is 18.7 Å². The van der Waals surface area contributed by atoms with Crippen molar-refractivity contribution in [3.63, 3.8) is 0 Å². The zero-order chi connectivity index (χ0) is 12.7. The summed E-state index contributed by atoms with van der Waals surface area (Å²) in [6, 6.07) is 0.142. The van der Waals surface area contributed by atoms with Crippen LogP contribution < -0.4 is 0 Å². The number of rotatable bonds is 9. The minimum absolute atomic E-state index is 0.142. The van der Waals surface area contributed by atoms with Gasteiger partial charge in [-0.15, -0.1) is 0 Å². The van der Waals surface area contributed by atoms with Crippen molar-refractivity contribution in [3.05, 3.63) is 0 Å². The predicted octanol–water partition coefficient (Wildman–Crippen LogP) is 4.27. The van der Waals surface area contributed by atoms with Crippen molar-refractivity contribution in [3.8, 4) is 0 Å². The molecule has 1 nitrogen and oxygen atoms in total. The first-order chi connectivity index (χ1) is 8.22. The van der Waals surface area contributed by atoms with Crippen LogP contribution in [0.25, 0.3) is 0 Å². The third kappa shape index (κ3) is 4.57. The first-order valence-corrected chi connectivity index (χ1v) is 7.52. The van der Waals surface area contributed by atoms with Gasteiger partial charge in [0.2, 0.25) is 0 Å². The van der Waals surface area contributed by atoms with Gasteiger partial charge < -0.3 is 0 Å². The third-order valence-electron chi connectivity index (χ3n) is 4.40. The van der Waals surface area contributed by atoms with Crippen molar-refractivity contribution in [1.82, 2.24) is 4.90 Å². The Morgan fingerprint density at radius 2 is 1.88 bits per heavy atom. The maximum atomic E-state index is 12.5. The van der Waals surface area contributed by atoms with Gasteiger partial charge in [0.15, 0.2) is 0 Å². The Morgan fingerprint density at radius 3 is 2.41 bits per heavy atom. The number of alkyl halides is 1. The summed E-state index contributed by atoms with van der Waals surface area (Å²) in [5.41, 5.74) is 0. The summed E-state index contributed by atoms with van der Waals surface area (Å²) in [6.45, 7) is 8.65. The van der Waals surface area contributed by atoms with Gasteiger partial charge in [-0.05, 0) is 18.8 Å². The van der Waals surface area contributed by atoms with Gasteiger partial charge in [0.05, 0.1) is 0 Å². The minimum atomic E-state index is -0.194. The van der Waals surface area contributed by atoms with Crippen molar-refractivity contribution in [2.45, 2.75) is 65.3 Å². The topological polar surface area (TPSA) is 3.24 Å². The number of unbranched alkanes of at least 4 members (excludes halogenated alkanes) is 3. The maximum Gasteiger partial charge on any atom is 0.105 e. The molecule has 0 N–H and O–H groups in total. The third-order valence-corrected chi connectivity index (χ3v) is 4.40. The van der Waals surface area contributed by atoms with Crippen molar-refractivity contribution >= 4 is 0 Å². The van der Waals surface area contributed by atoms with E-state index in [1.165, 1.54) is 38.5 Å². The highest BCUT2D eigenvalue weighted by Gasteiger charge is 2.34. The fourth-order valence-corrected chi connectivity index (χ4v) is 2.91.